The van der Waals surface area contributed by atoms with Gasteiger partial charge < -0.3 is 20.1 Å². The second-order valence-electron chi connectivity index (χ2n) is 3.42. The molecule has 0 fully saturated rings. The van der Waals surface area contributed by atoms with Crippen molar-refractivity contribution in [3.05, 3.63) is 36.9 Å². The molecule has 1 rings (SSSR count). The van der Waals surface area contributed by atoms with Crippen LogP contribution >= 0.6 is 0 Å². The summed E-state index contributed by atoms with van der Waals surface area (Å²) in [6.07, 6.45) is 1.62. The molecule has 5 heteroatoms. The topological polar surface area (TPSA) is 59.6 Å². The largest absolute Gasteiger partial charge is 0.493 e. The first kappa shape index (κ1) is 13.9. The predicted octanol–water partition coefficient (Wildman–Crippen LogP) is 1.56. The highest BCUT2D eigenvalue weighted by Gasteiger charge is 2.02. The first-order chi connectivity index (χ1) is 8.77. The van der Waals surface area contributed by atoms with E-state index in [1.165, 1.54) is 0 Å². The van der Waals surface area contributed by atoms with E-state index in [0.717, 1.165) is 0 Å². The summed E-state index contributed by atoms with van der Waals surface area (Å²) < 4.78 is 10.6. The second-order valence-corrected chi connectivity index (χ2v) is 3.42. The van der Waals surface area contributed by atoms with Gasteiger partial charge in [-0.1, -0.05) is 18.2 Å². The van der Waals surface area contributed by atoms with Crippen LogP contribution in [0.4, 0.5) is 4.79 Å². The smallest absolute Gasteiger partial charge is 0.315 e. The molecule has 0 aliphatic carbocycles. The zero-order chi connectivity index (χ0) is 13.2. The van der Waals surface area contributed by atoms with Gasteiger partial charge in [0.05, 0.1) is 13.7 Å². The fraction of sp³-hybridized carbons (Fsp3) is 0.308. The van der Waals surface area contributed by atoms with Gasteiger partial charge in [0.15, 0.2) is 11.5 Å². The second kappa shape index (κ2) is 8.00. The lowest BCUT2D eigenvalue weighted by atomic mass is 10.3. The summed E-state index contributed by atoms with van der Waals surface area (Å²) in [6.45, 7) is 4.74. The van der Waals surface area contributed by atoms with Crippen LogP contribution in [0.3, 0.4) is 0 Å². The average molecular weight is 250 g/mol. The van der Waals surface area contributed by atoms with Gasteiger partial charge in [0, 0.05) is 6.54 Å². The molecule has 0 saturated heterocycles. The Bertz CT molecular complexity index is 394. The van der Waals surface area contributed by atoms with E-state index in [0.29, 0.717) is 31.2 Å². The van der Waals surface area contributed by atoms with E-state index in [9.17, 15) is 4.79 Å². The lowest BCUT2D eigenvalue weighted by molar-refractivity contribution is 0.236. The fourth-order valence-electron chi connectivity index (χ4n) is 1.29. The van der Waals surface area contributed by atoms with Gasteiger partial charge in [-0.05, 0) is 12.1 Å². The van der Waals surface area contributed by atoms with Crippen LogP contribution in [0.1, 0.15) is 0 Å². The normalized spacial score (nSPS) is 9.39. The molecule has 5 nitrogen and oxygen atoms in total. The van der Waals surface area contributed by atoms with Gasteiger partial charge in [-0.3, -0.25) is 0 Å². The Kier molecular flexibility index (Phi) is 6.17. The summed E-state index contributed by atoms with van der Waals surface area (Å²) in [5, 5.41) is 5.27. The molecule has 98 valence electrons. The number of amides is 2. The number of benzene rings is 1. The van der Waals surface area contributed by atoms with Crippen molar-refractivity contribution in [3.8, 4) is 11.5 Å². The van der Waals surface area contributed by atoms with E-state index in [-0.39, 0.29) is 6.03 Å². The molecule has 0 aliphatic heterocycles. The average Bonchev–Trinajstić information content (AvgIpc) is 2.41. The third-order valence-electron chi connectivity index (χ3n) is 2.12. The van der Waals surface area contributed by atoms with Crippen LogP contribution in [0.15, 0.2) is 36.9 Å². The molecule has 0 unspecified atom stereocenters. The number of para-hydroxylation sites is 2. The highest BCUT2D eigenvalue weighted by molar-refractivity contribution is 5.73. The zero-order valence-corrected chi connectivity index (χ0v) is 10.4. The third-order valence-corrected chi connectivity index (χ3v) is 2.12. The summed E-state index contributed by atoms with van der Waals surface area (Å²) in [5.41, 5.74) is 0. The molecule has 0 heterocycles. The molecule has 0 bridgehead atoms. The number of carbonyl (C=O) groups is 1. The van der Waals surface area contributed by atoms with E-state index in [1.54, 1.807) is 13.2 Å². The van der Waals surface area contributed by atoms with Gasteiger partial charge >= 0.3 is 6.03 Å². The lowest BCUT2D eigenvalue weighted by Crippen LogP contribution is -2.37. The summed E-state index contributed by atoms with van der Waals surface area (Å²) in [5.74, 6) is 1.34. The van der Waals surface area contributed by atoms with Crippen molar-refractivity contribution in [2.75, 3.05) is 26.8 Å². The molecule has 0 radical (unpaired) electrons. The van der Waals surface area contributed by atoms with Crippen molar-refractivity contribution in [1.29, 1.82) is 0 Å². The van der Waals surface area contributed by atoms with Crippen LogP contribution in [0, 0.1) is 0 Å². The minimum atomic E-state index is -0.237. The van der Waals surface area contributed by atoms with Crippen molar-refractivity contribution in [2.24, 2.45) is 0 Å². The number of ether oxygens (including phenoxy) is 2. The van der Waals surface area contributed by atoms with Crippen molar-refractivity contribution in [3.63, 3.8) is 0 Å². The number of urea groups is 1. The van der Waals surface area contributed by atoms with E-state index in [4.69, 9.17) is 9.47 Å². The monoisotopic (exact) mass is 250 g/mol. The van der Waals surface area contributed by atoms with Gasteiger partial charge in [0.1, 0.15) is 6.61 Å². The molecule has 1 aromatic rings. The van der Waals surface area contributed by atoms with Crippen LogP contribution in [0.2, 0.25) is 0 Å². The first-order valence-corrected chi connectivity index (χ1v) is 5.66. The van der Waals surface area contributed by atoms with Crippen LogP contribution in [-0.4, -0.2) is 32.8 Å². The standard InChI is InChI=1S/C13H18N2O3/c1-3-8-14-13(16)15-9-10-18-12-7-5-4-6-11(12)17-2/h3-7H,1,8-10H2,2H3,(H2,14,15,16). The van der Waals surface area contributed by atoms with Gasteiger partial charge in [0.2, 0.25) is 0 Å². The highest BCUT2D eigenvalue weighted by atomic mass is 16.5. The number of rotatable bonds is 7. The Morgan fingerprint density at radius 1 is 1.33 bits per heavy atom. The maximum Gasteiger partial charge on any atom is 0.315 e. The van der Waals surface area contributed by atoms with Crippen LogP contribution in [-0.2, 0) is 0 Å². The molecule has 0 spiro atoms. The minimum Gasteiger partial charge on any atom is -0.493 e. The molecular formula is C13H18N2O3. The Labute approximate surface area is 107 Å². The first-order valence-electron chi connectivity index (χ1n) is 5.66. The van der Waals surface area contributed by atoms with Crippen LogP contribution in [0.25, 0.3) is 0 Å². The Morgan fingerprint density at radius 3 is 2.72 bits per heavy atom. The molecule has 0 aliphatic rings. The van der Waals surface area contributed by atoms with Crippen molar-refractivity contribution < 1.29 is 14.3 Å². The number of methoxy groups -OCH3 is 1. The van der Waals surface area contributed by atoms with Gasteiger partial charge in [-0.25, -0.2) is 4.79 Å². The molecule has 1 aromatic carbocycles. The van der Waals surface area contributed by atoms with Gasteiger partial charge in [0.25, 0.3) is 0 Å². The summed E-state index contributed by atoms with van der Waals surface area (Å²) >= 11 is 0. The molecule has 0 saturated carbocycles. The van der Waals surface area contributed by atoms with E-state index >= 15 is 0 Å². The summed E-state index contributed by atoms with van der Waals surface area (Å²) in [7, 11) is 1.59. The number of hydrogen-bond donors (Lipinski definition) is 2. The van der Waals surface area contributed by atoms with Gasteiger partial charge in [-0.2, -0.15) is 0 Å². The number of carbonyl (C=O) groups excluding carboxylic acids is 1. The number of hydrogen-bond acceptors (Lipinski definition) is 3. The van der Waals surface area contributed by atoms with Crippen LogP contribution < -0.4 is 20.1 Å². The predicted molar refractivity (Wildman–Crippen MR) is 70.1 cm³/mol. The van der Waals surface area contributed by atoms with Crippen molar-refractivity contribution >= 4 is 6.03 Å². The third kappa shape index (κ3) is 4.78. The van der Waals surface area contributed by atoms with E-state index in [2.05, 4.69) is 17.2 Å². The SMILES string of the molecule is C=CCNC(=O)NCCOc1ccccc1OC. The fourth-order valence-corrected chi connectivity index (χ4v) is 1.29. The van der Waals surface area contributed by atoms with Crippen molar-refractivity contribution in [2.45, 2.75) is 0 Å². The molecule has 0 aromatic heterocycles. The summed E-state index contributed by atoms with van der Waals surface area (Å²) in [6, 6.07) is 7.13. The maximum absolute atomic E-state index is 11.2. The van der Waals surface area contributed by atoms with Crippen molar-refractivity contribution in [1.82, 2.24) is 10.6 Å². The van der Waals surface area contributed by atoms with E-state index in [1.807, 2.05) is 24.3 Å². The Hall–Kier alpha value is -2.17. The minimum absolute atomic E-state index is 0.237. The molecule has 18 heavy (non-hydrogen) atoms. The highest BCUT2D eigenvalue weighted by Crippen LogP contribution is 2.25. The molecule has 2 amide bonds. The molecule has 0 atom stereocenters. The zero-order valence-electron chi connectivity index (χ0n) is 10.4. The maximum atomic E-state index is 11.2. The van der Waals surface area contributed by atoms with Crippen LogP contribution in [0.5, 0.6) is 11.5 Å². The van der Waals surface area contributed by atoms with Gasteiger partial charge in [-0.15, -0.1) is 6.58 Å². The molecule has 2 N–H and O–H groups in total. The number of nitrogens with one attached hydrogen (secondary N) is 2. The lowest BCUT2D eigenvalue weighted by Gasteiger charge is -2.10. The van der Waals surface area contributed by atoms with E-state index < -0.39 is 0 Å². The summed E-state index contributed by atoms with van der Waals surface area (Å²) in [4.78, 5) is 11.2. The Balaban J connectivity index is 2.25. The Morgan fingerprint density at radius 2 is 2.06 bits per heavy atom. The molecular weight excluding hydrogens is 232 g/mol. The quantitative estimate of drug-likeness (QED) is 0.570.